The van der Waals surface area contributed by atoms with Crippen molar-refractivity contribution in [1.82, 2.24) is 9.97 Å². The van der Waals surface area contributed by atoms with Gasteiger partial charge in [0.2, 0.25) is 0 Å². The van der Waals surface area contributed by atoms with Crippen LogP contribution in [-0.2, 0) is 0 Å². The minimum absolute atomic E-state index is 0.00732. The van der Waals surface area contributed by atoms with Gasteiger partial charge in [-0.15, -0.1) is 0 Å². The van der Waals surface area contributed by atoms with E-state index in [9.17, 15) is 9.59 Å². The standard InChI is InChI=1S/C20H20N6O2/c1-13(11-21)10-17(27)15-5-6-16-19(23-15)26(14-7-9-25(16)12-14)20(28)24-18-4-2-3-8-22-18/h2-6,8,13-14H,7,9-10,12H2,1H3,(H,22,24,28)/t13-,14-/m0/s1. The Morgan fingerprint density at radius 2 is 2.21 bits per heavy atom. The largest absolute Gasteiger partial charge is 0.366 e. The number of pyridine rings is 2. The van der Waals surface area contributed by atoms with Gasteiger partial charge in [0.05, 0.1) is 23.7 Å². The molecule has 8 nitrogen and oxygen atoms in total. The van der Waals surface area contributed by atoms with E-state index in [4.69, 9.17) is 5.26 Å². The number of fused-ring (bicyclic) bond motifs is 4. The van der Waals surface area contributed by atoms with E-state index in [1.165, 1.54) is 0 Å². The van der Waals surface area contributed by atoms with E-state index in [0.717, 1.165) is 25.2 Å². The Kier molecular flexibility index (Phi) is 4.65. The van der Waals surface area contributed by atoms with Crippen LogP contribution in [0.3, 0.4) is 0 Å². The molecule has 0 aromatic carbocycles. The van der Waals surface area contributed by atoms with E-state index >= 15 is 0 Å². The lowest BCUT2D eigenvalue weighted by Crippen LogP contribution is -2.48. The molecule has 2 amide bonds. The van der Waals surface area contributed by atoms with Crippen molar-refractivity contribution in [3.63, 3.8) is 0 Å². The topological polar surface area (TPSA) is 102 Å². The van der Waals surface area contributed by atoms with Crippen molar-refractivity contribution in [2.24, 2.45) is 5.92 Å². The van der Waals surface area contributed by atoms with Crippen LogP contribution in [0, 0.1) is 17.2 Å². The van der Waals surface area contributed by atoms with Gasteiger partial charge in [0.1, 0.15) is 11.5 Å². The number of anilines is 3. The minimum Gasteiger partial charge on any atom is -0.366 e. The number of carbonyl (C=O) groups is 2. The van der Waals surface area contributed by atoms with Gasteiger partial charge in [-0.3, -0.25) is 15.0 Å². The first kappa shape index (κ1) is 17.9. The second kappa shape index (κ2) is 7.27. The molecule has 8 heteroatoms. The zero-order valence-electron chi connectivity index (χ0n) is 15.5. The summed E-state index contributed by atoms with van der Waals surface area (Å²) in [6, 6.07) is 10.6. The van der Waals surface area contributed by atoms with E-state index in [1.807, 2.05) is 6.07 Å². The number of urea groups is 1. The Balaban J connectivity index is 1.66. The number of Topliss-reactive ketones (excluding diaryl/α,β-unsaturated/α-hetero) is 1. The lowest BCUT2D eigenvalue weighted by atomic mass is 10.0. The Morgan fingerprint density at radius 1 is 1.36 bits per heavy atom. The Bertz CT molecular complexity index is 955. The zero-order chi connectivity index (χ0) is 19.7. The van der Waals surface area contributed by atoms with Gasteiger partial charge in [0.15, 0.2) is 11.6 Å². The van der Waals surface area contributed by atoms with Crippen molar-refractivity contribution in [2.75, 3.05) is 28.2 Å². The smallest absolute Gasteiger partial charge is 0.329 e. The predicted octanol–water partition coefficient (Wildman–Crippen LogP) is 2.84. The van der Waals surface area contributed by atoms with Crippen LogP contribution in [0.5, 0.6) is 0 Å². The van der Waals surface area contributed by atoms with Gasteiger partial charge in [-0.2, -0.15) is 5.26 Å². The number of ketones is 1. The van der Waals surface area contributed by atoms with Crippen LogP contribution in [-0.4, -0.2) is 40.9 Å². The van der Waals surface area contributed by atoms with E-state index in [1.54, 1.807) is 42.3 Å². The van der Waals surface area contributed by atoms with E-state index < -0.39 is 0 Å². The first-order valence-electron chi connectivity index (χ1n) is 9.27. The van der Waals surface area contributed by atoms with Gasteiger partial charge in [0, 0.05) is 25.7 Å². The van der Waals surface area contributed by atoms with Crippen LogP contribution in [0.15, 0.2) is 36.5 Å². The SMILES string of the molecule is C[C@H](C#N)CC(=O)c1ccc2c(n1)N(C(=O)Nc1ccccn1)[C@H]1CCN2C1. The van der Waals surface area contributed by atoms with Gasteiger partial charge < -0.3 is 4.90 Å². The van der Waals surface area contributed by atoms with E-state index in [0.29, 0.717) is 11.6 Å². The number of rotatable bonds is 4. The van der Waals surface area contributed by atoms with Gasteiger partial charge in [0.25, 0.3) is 0 Å². The van der Waals surface area contributed by atoms with Crippen LogP contribution in [0.1, 0.15) is 30.3 Å². The molecule has 1 saturated heterocycles. The average molecular weight is 376 g/mol. The number of hydrogen-bond acceptors (Lipinski definition) is 6. The molecular formula is C20H20N6O2. The van der Waals surface area contributed by atoms with Gasteiger partial charge >= 0.3 is 6.03 Å². The maximum absolute atomic E-state index is 13.0. The molecule has 2 aliphatic heterocycles. The Hall–Kier alpha value is -3.47. The molecule has 2 atom stereocenters. The average Bonchev–Trinajstić information content (AvgIpc) is 3.12. The molecule has 0 spiro atoms. The van der Waals surface area contributed by atoms with Crippen molar-refractivity contribution in [1.29, 1.82) is 5.26 Å². The molecule has 142 valence electrons. The first-order valence-corrected chi connectivity index (χ1v) is 9.27. The van der Waals surface area contributed by atoms with Crippen LogP contribution < -0.4 is 15.1 Å². The maximum Gasteiger partial charge on any atom is 0.329 e. The van der Waals surface area contributed by atoms with Crippen molar-refractivity contribution >= 4 is 29.1 Å². The molecule has 0 saturated carbocycles. The van der Waals surface area contributed by atoms with Crippen molar-refractivity contribution in [3.8, 4) is 6.07 Å². The third kappa shape index (κ3) is 3.27. The Morgan fingerprint density at radius 3 is 2.96 bits per heavy atom. The van der Waals surface area contributed by atoms with Gasteiger partial charge in [-0.25, -0.2) is 14.8 Å². The fraction of sp³-hybridized carbons (Fsp3) is 0.350. The number of nitrogens with one attached hydrogen (secondary N) is 1. The third-order valence-electron chi connectivity index (χ3n) is 5.07. The number of carbonyl (C=O) groups excluding carboxylic acids is 2. The molecule has 0 aliphatic carbocycles. The highest BCUT2D eigenvalue weighted by Crippen LogP contribution is 2.39. The molecule has 2 bridgehead atoms. The van der Waals surface area contributed by atoms with Crippen LogP contribution >= 0.6 is 0 Å². The molecule has 2 aliphatic rings. The molecule has 0 radical (unpaired) electrons. The second-order valence-electron chi connectivity index (χ2n) is 7.10. The van der Waals surface area contributed by atoms with E-state index in [2.05, 4.69) is 26.3 Å². The minimum atomic E-state index is -0.381. The molecular weight excluding hydrogens is 356 g/mol. The Labute approximate surface area is 162 Å². The molecule has 4 heterocycles. The number of nitriles is 1. The summed E-state index contributed by atoms with van der Waals surface area (Å²) in [5, 5.41) is 11.8. The quantitative estimate of drug-likeness (QED) is 0.823. The van der Waals surface area contributed by atoms with Gasteiger partial charge in [-0.05, 0) is 37.6 Å². The monoisotopic (exact) mass is 376 g/mol. The van der Waals surface area contributed by atoms with Crippen LogP contribution in [0.4, 0.5) is 22.1 Å². The van der Waals surface area contributed by atoms with Gasteiger partial charge in [-0.1, -0.05) is 6.07 Å². The maximum atomic E-state index is 13.0. The number of amides is 2. The molecule has 2 aromatic heterocycles. The summed E-state index contributed by atoms with van der Waals surface area (Å²) < 4.78 is 0. The van der Waals surface area contributed by atoms with Crippen LogP contribution in [0.25, 0.3) is 0 Å². The molecule has 2 aromatic rings. The summed E-state index contributed by atoms with van der Waals surface area (Å²) in [6.45, 7) is 3.28. The summed E-state index contributed by atoms with van der Waals surface area (Å²) >= 11 is 0. The summed E-state index contributed by atoms with van der Waals surface area (Å²) in [4.78, 5) is 38.0. The molecule has 1 fully saturated rings. The third-order valence-corrected chi connectivity index (χ3v) is 5.07. The van der Waals surface area contributed by atoms with E-state index in [-0.39, 0.29) is 35.9 Å². The number of hydrogen-bond donors (Lipinski definition) is 1. The molecule has 1 N–H and O–H groups in total. The molecule has 0 unspecified atom stereocenters. The number of nitrogens with zero attached hydrogens (tertiary/aromatic N) is 5. The van der Waals surface area contributed by atoms with Crippen molar-refractivity contribution in [2.45, 2.75) is 25.8 Å². The predicted molar refractivity (Wildman–Crippen MR) is 104 cm³/mol. The van der Waals surface area contributed by atoms with Crippen LogP contribution in [0.2, 0.25) is 0 Å². The zero-order valence-corrected chi connectivity index (χ0v) is 15.5. The fourth-order valence-corrected chi connectivity index (χ4v) is 3.66. The molecule has 4 rings (SSSR count). The highest BCUT2D eigenvalue weighted by atomic mass is 16.2. The highest BCUT2D eigenvalue weighted by Gasteiger charge is 2.40. The second-order valence-corrected chi connectivity index (χ2v) is 7.10. The fourth-order valence-electron chi connectivity index (χ4n) is 3.66. The lowest BCUT2D eigenvalue weighted by molar-refractivity contribution is 0.0968. The van der Waals surface area contributed by atoms with Crippen molar-refractivity contribution < 1.29 is 9.59 Å². The summed E-state index contributed by atoms with van der Waals surface area (Å²) in [5.74, 6) is 0.367. The normalized spacial score (nSPS) is 18.2. The summed E-state index contributed by atoms with van der Waals surface area (Å²) in [6.07, 6.45) is 2.55. The lowest BCUT2D eigenvalue weighted by Gasteiger charge is -2.35. The number of aromatic nitrogens is 2. The summed E-state index contributed by atoms with van der Waals surface area (Å²) in [7, 11) is 0. The van der Waals surface area contributed by atoms with Crippen molar-refractivity contribution in [3.05, 3.63) is 42.2 Å². The molecule has 28 heavy (non-hydrogen) atoms. The summed E-state index contributed by atoms with van der Waals surface area (Å²) in [5.41, 5.74) is 1.12. The highest BCUT2D eigenvalue weighted by molar-refractivity contribution is 6.05. The first-order chi connectivity index (χ1) is 13.6.